The second-order valence-corrected chi connectivity index (χ2v) is 4.84. The molecule has 2 aromatic rings. The Morgan fingerprint density at radius 1 is 1.38 bits per heavy atom. The summed E-state index contributed by atoms with van der Waals surface area (Å²) in [5, 5.41) is 12.9. The number of thiazole rings is 1. The van der Waals surface area contributed by atoms with Crippen molar-refractivity contribution in [1.82, 2.24) is 9.97 Å². The second-order valence-electron chi connectivity index (χ2n) is 3.86. The number of aryl methyl sites for hydroxylation is 2. The van der Waals surface area contributed by atoms with E-state index < -0.39 is 6.10 Å². The Morgan fingerprint density at radius 2 is 2.19 bits per heavy atom. The van der Waals surface area contributed by atoms with Crippen molar-refractivity contribution < 1.29 is 5.11 Å². The van der Waals surface area contributed by atoms with Gasteiger partial charge in [0.15, 0.2) is 0 Å². The lowest BCUT2D eigenvalue weighted by atomic mass is 10.1. The molecule has 1 unspecified atom stereocenters. The number of aliphatic hydroxyl groups excluding tert-OH is 1. The van der Waals surface area contributed by atoms with Gasteiger partial charge in [0, 0.05) is 24.2 Å². The summed E-state index contributed by atoms with van der Waals surface area (Å²) in [6.07, 6.45) is 3.51. The maximum absolute atomic E-state index is 10.1. The zero-order valence-corrected chi connectivity index (χ0v) is 10.2. The molecule has 0 aliphatic rings. The molecule has 2 aromatic heterocycles. The van der Waals surface area contributed by atoms with E-state index in [0.717, 1.165) is 21.8 Å². The maximum atomic E-state index is 10.1. The lowest BCUT2D eigenvalue weighted by Gasteiger charge is -2.11. The summed E-state index contributed by atoms with van der Waals surface area (Å²) in [6, 6.07) is 2.04. The topological polar surface area (TPSA) is 46.0 Å². The second kappa shape index (κ2) is 4.72. The summed E-state index contributed by atoms with van der Waals surface area (Å²) in [6.45, 7) is 3.97. The Balaban J connectivity index is 2.17. The molecule has 4 heteroatoms. The molecule has 1 N–H and O–H groups in total. The lowest BCUT2D eigenvalue weighted by Crippen LogP contribution is -2.06. The van der Waals surface area contributed by atoms with Gasteiger partial charge in [0.05, 0.1) is 10.7 Å². The third-order valence-corrected chi connectivity index (χ3v) is 3.22. The van der Waals surface area contributed by atoms with Gasteiger partial charge in [0.1, 0.15) is 6.10 Å². The Bertz CT molecular complexity index is 468. The summed E-state index contributed by atoms with van der Waals surface area (Å²) < 4.78 is 0. The molecular formula is C12H14N2OS. The van der Waals surface area contributed by atoms with Crippen LogP contribution in [0.15, 0.2) is 23.8 Å². The predicted molar refractivity (Wildman–Crippen MR) is 64.5 cm³/mol. The molecule has 2 heterocycles. The van der Waals surface area contributed by atoms with Gasteiger partial charge >= 0.3 is 0 Å². The summed E-state index contributed by atoms with van der Waals surface area (Å²) in [5.74, 6) is 0. The average molecular weight is 234 g/mol. The van der Waals surface area contributed by atoms with E-state index in [1.807, 2.05) is 25.3 Å². The molecule has 0 saturated heterocycles. The van der Waals surface area contributed by atoms with Crippen LogP contribution in [0.25, 0.3) is 0 Å². The Hall–Kier alpha value is -1.26. The highest BCUT2D eigenvalue weighted by molar-refractivity contribution is 7.09. The van der Waals surface area contributed by atoms with E-state index >= 15 is 0 Å². The molecular weight excluding hydrogens is 220 g/mol. The SMILES string of the molecule is Cc1cnc(C(O)Cc2nccs2)c(C)c1. The third kappa shape index (κ3) is 2.46. The van der Waals surface area contributed by atoms with Crippen molar-refractivity contribution in [3.63, 3.8) is 0 Å². The number of pyridine rings is 1. The van der Waals surface area contributed by atoms with Gasteiger partial charge in [-0.1, -0.05) is 6.07 Å². The monoisotopic (exact) mass is 234 g/mol. The molecule has 1 atom stereocenters. The average Bonchev–Trinajstić information content (AvgIpc) is 2.70. The minimum Gasteiger partial charge on any atom is -0.386 e. The van der Waals surface area contributed by atoms with Crippen molar-refractivity contribution in [2.24, 2.45) is 0 Å². The predicted octanol–water partition coefficient (Wildman–Crippen LogP) is 2.43. The standard InChI is InChI=1S/C12H14N2OS/c1-8-5-9(2)12(14-7-8)10(15)6-11-13-3-4-16-11/h3-5,7,10,15H,6H2,1-2H3. The zero-order chi connectivity index (χ0) is 11.5. The molecule has 0 aromatic carbocycles. The summed E-state index contributed by atoms with van der Waals surface area (Å²) in [5.41, 5.74) is 2.90. The van der Waals surface area contributed by atoms with Gasteiger partial charge in [-0.3, -0.25) is 4.98 Å². The number of aliphatic hydroxyl groups is 1. The number of hydrogen-bond donors (Lipinski definition) is 1. The summed E-state index contributed by atoms with van der Waals surface area (Å²) >= 11 is 1.56. The minimum absolute atomic E-state index is 0.536. The molecule has 0 saturated carbocycles. The van der Waals surface area contributed by atoms with Gasteiger partial charge in [-0.05, 0) is 25.0 Å². The highest BCUT2D eigenvalue weighted by atomic mass is 32.1. The van der Waals surface area contributed by atoms with E-state index in [1.54, 1.807) is 23.7 Å². The first-order valence-electron chi connectivity index (χ1n) is 5.16. The smallest absolute Gasteiger partial charge is 0.103 e. The Morgan fingerprint density at radius 3 is 2.81 bits per heavy atom. The Labute approximate surface area is 98.8 Å². The first kappa shape index (κ1) is 11.2. The van der Waals surface area contributed by atoms with Crippen molar-refractivity contribution in [2.45, 2.75) is 26.4 Å². The van der Waals surface area contributed by atoms with Crippen LogP contribution in [0.2, 0.25) is 0 Å². The fourth-order valence-electron chi connectivity index (χ4n) is 1.69. The third-order valence-electron chi connectivity index (χ3n) is 2.42. The maximum Gasteiger partial charge on any atom is 0.103 e. The Kier molecular flexibility index (Phi) is 3.31. The fourth-order valence-corrected chi connectivity index (χ4v) is 2.35. The van der Waals surface area contributed by atoms with E-state index in [4.69, 9.17) is 0 Å². The largest absolute Gasteiger partial charge is 0.386 e. The molecule has 0 radical (unpaired) electrons. The normalized spacial score (nSPS) is 12.7. The zero-order valence-electron chi connectivity index (χ0n) is 9.34. The molecule has 0 aliphatic carbocycles. The van der Waals surface area contributed by atoms with Crippen molar-refractivity contribution in [1.29, 1.82) is 0 Å². The molecule has 0 amide bonds. The highest BCUT2D eigenvalue weighted by Crippen LogP contribution is 2.21. The molecule has 0 aliphatic heterocycles. The van der Waals surface area contributed by atoms with E-state index in [9.17, 15) is 5.11 Å². The van der Waals surface area contributed by atoms with Crippen LogP contribution in [0.1, 0.15) is 27.9 Å². The van der Waals surface area contributed by atoms with Crippen LogP contribution in [0.3, 0.4) is 0 Å². The first-order valence-corrected chi connectivity index (χ1v) is 6.04. The van der Waals surface area contributed by atoms with E-state index in [2.05, 4.69) is 9.97 Å². The molecule has 0 bridgehead atoms. The van der Waals surface area contributed by atoms with Crippen LogP contribution in [0.5, 0.6) is 0 Å². The molecule has 0 spiro atoms. The quantitative estimate of drug-likeness (QED) is 0.887. The number of rotatable bonds is 3. The molecule has 2 rings (SSSR count). The first-order chi connectivity index (χ1) is 7.66. The number of aromatic nitrogens is 2. The van der Waals surface area contributed by atoms with Crippen molar-refractivity contribution in [3.8, 4) is 0 Å². The minimum atomic E-state index is -0.563. The van der Waals surface area contributed by atoms with Gasteiger partial charge in [0.2, 0.25) is 0 Å². The van der Waals surface area contributed by atoms with Crippen molar-refractivity contribution in [3.05, 3.63) is 45.7 Å². The van der Waals surface area contributed by atoms with Crippen LogP contribution in [-0.2, 0) is 6.42 Å². The van der Waals surface area contributed by atoms with Gasteiger partial charge in [-0.2, -0.15) is 0 Å². The van der Waals surface area contributed by atoms with Crippen LogP contribution in [-0.4, -0.2) is 15.1 Å². The van der Waals surface area contributed by atoms with E-state index in [1.165, 1.54) is 0 Å². The number of hydrogen-bond acceptors (Lipinski definition) is 4. The lowest BCUT2D eigenvalue weighted by molar-refractivity contribution is 0.172. The molecule has 16 heavy (non-hydrogen) atoms. The molecule has 84 valence electrons. The van der Waals surface area contributed by atoms with E-state index in [0.29, 0.717) is 6.42 Å². The highest BCUT2D eigenvalue weighted by Gasteiger charge is 2.13. The summed E-state index contributed by atoms with van der Waals surface area (Å²) in [4.78, 5) is 8.44. The van der Waals surface area contributed by atoms with Gasteiger partial charge in [-0.25, -0.2) is 4.98 Å². The summed E-state index contributed by atoms with van der Waals surface area (Å²) in [7, 11) is 0. The van der Waals surface area contributed by atoms with Crippen LogP contribution < -0.4 is 0 Å². The molecule has 3 nitrogen and oxygen atoms in total. The van der Waals surface area contributed by atoms with E-state index in [-0.39, 0.29) is 0 Å². The van der Waals surface area contributed by atoms with Gasteiger partial charge < -0.3 is 5.11 Å². The fraction of sp³-hybridized carbons (Fsp3) is 0.333. The number of nitrogens with zero attached hydrogens (tertiary/aromatic N) is 2. The van der Waals surface area contributed by atoms with Crippen molar-refractivity contribution in [2.75, 3.05) is 0 Å². The van der Waals surface area contributed by atoms with Gasteiger partial charge in [0.25, 0.3) is 0 Å². The van der Waals surface area contributed by atoms with Crippen LogP contribution in [0.4, 0.5) is 0 Å². The van der Waals surface area contributed by atoms with Gasteiger partial charge in [-0.15, -0.1) is 11.3 Å². The van der Waals surface area contributed by atoms with Crippen molar-refractivity contribution >= 4 is 11.3 Å². The van der Waals surface area contributed by atoms with Crippen LogP contribution in [0, 0.1) is 13.8 Å². The molecule has 0 fully saturated rings. The van der Waals surface area contributed by atoms with Crippen LogP contribution >= 0.6 is 11.3 Å².